The number of rotatable bonds is 18. The Morgan fingerprint density at radius 1 is 0.595 bits per heavy atom. The topological polar surface area (TPSA) is 217 Å². The number of fused-ring (bicyclic) bond motifs is 2. The second kappa shape index (κ2) is 26.1. The third-order valence-corrected chi connectivity index (χ3v) is 13.4. The van der Waals surface area contributed by atoms with Gasteiger partial charge in [0.1, 0.15) is 59.4 Å². The lowest BCUT2D eigenvalue weighted by Gasteiger charge is -2.13. The van der Waals surface area contributed by atoms with Gasteiger partial charge in [-0.2, -0.15) is 23.5 Å². The zero-order chi connectivity index (χ0) is 53.5. The smallest absolute Gasteiger partial charge is 0.239 e. The van der Waals surface area contributed by atoms with E-state index in [9.17, 15) is 19.2 Å². The molecule has 0 bridgehead atoms. The van der Waals surface area contributed by atoms with Crippen LogP contribution in [0.5, 0.6) is 34.5 Å². The maximum atomic E-state index is 12.0. The quantitative estimate of drug-likeness (QED) is 0.0465. The average Bonchev–Trinajstić information content (AvgIpc) is 3.87. The molecule has 0 fully saturated rings. The molecular formula is C56H62N8O8S2. The van der Waals surface area contributed by atoms with E-state index >= 15 is 0 Å². The minimum Gasteiger partial charge on any atom is -0.486 e. The van der Waals surface area contributed by atoms with Crippen LogP contribution >= 0.6 is 23.5 Å². The third kappa shape index (κ3) is 14.8. The standard InChI is InChI=1S/C28H30N4O4S.C24H25N3O2.C4H7NO2S/c1-17-11-22(12-18(2)27(17)29)36-21-9-10-23-24(14-21)32(3)26(31-23)15-35-20-7-5-19(6-8-20)13-25(37-4)28(34)30-16-33;1-15-5-7-18(8-6-15)28-14-23-26-21-10-9-19(13-22(21)27(23)4)29-20-11-16(2)24(25)17(3)12-20;1-8-2-4(7)5-3-6/h5-12,14,16,25H,13,15,29H2,1-4H3,(H,30,33,34);5-13H,14,25H2,1-4H3;3H,2H2,1H3,(H,5,6,7). The summed E-state index contributed by atoms with van der Waals surface area (Å²) in [4.78, 5) is 51.7. The van der Waals surface area contributed by atoms with Crippen molar-refractivity contribution in [3.63, 3.8) is 0 Å². The summed E-state index contributed by atoms with van der Waals surface area (Å²) in [5.41, 5.74) is 23.6. The Kier molecular flexibility index (Phi) is 19.5. The molecule has 0 aliphatic rings. The average molecular weight is 1040 g/mol. The normalized spacial score (nSPS) is 11.1. The van der Waals surface area contributed by atoms with Crippen molar-refractivity contribution in [3.8, 4) is 34.5 Å². The first-order valence-corrected chi connectivity index (χ1v) is 26.1. The van der Waals surface area contributed by atoms with Crippen molar-refractivity contribution in [2.45, 2.75) is 59.5 Å². The van der Waals surface area contributed by atoms with E-state index in [0.29, 0.717) is 49.7 Å². The van der Waals surface area contributed by atoms with Crippen LogP contribution in [0.4, 0.5) is 11.4 Å². The van der Waals surface area contributed by atoms with Gasteiger partial charge in [0, 0.05) is 37.6 Å². The van der Waals surface area contributed by atoms with Gasteiger partial charge in [-0.15, -0.1) is 0 Å². The van der Waals surface area contributed by atoms with Gasteiger partial charge in [-0.1, -0.05) is 29.8 Å². The van der Waals surface area contributed by atoms with Crippen molar-refractivity contribution in [3.05, 3.63) is 154 Å². The molecule has 8 rings (SSSR count). The fourth-order valence-corrected chi connectivity index (χ4v) is 8.61. The van der Waals surface area contributed by atoms with Gasteiger partial charge in [0.25, 0.3) is 0 Å². The highest BCUT2D eigenvalue weighted by atomic mass is 32.2. The number of carbonyl (C=O) groups excluding carboxylic acids is 4. The monoisotopic (exact) mass is 1040 g/mol. The molecule has 2 heterocycles. The SMILES string of the molecule is CSC(Cc1ccc(OCc2nc3ccc(Oc4cc(C)c(N)c(C)c4)cc3n2C)cc1)C(=O)NC=O.CSCC(=O)NC=O.Cc1ccc(OCc2nc3ccc(Oc4cc(C)c(N)c(C)c4)cc3n2C)cc1. The molecule has 0 saturated heterocycles. The van der Waals surface area contributed by atoms with Gasteiger partial charge >= 0.3 is 0 Å². The molecule has 1 atom stereocenters. The molecule has 2 aromatic heterocycles. The predicted octanol–water partition coefficient (Wildman–Crippen LogP) is 9.76. The summed E-state index contributed by atoms with van der Waals surface area (Å²) in [7, 11) is 3.94. The Labute approximate surface area is 439 Å². The third-order valence-electron chi connectivity index (χ3n) is 11.9. The number of imidazole rings is 2. The number of hydrogen-bond donors (Lipinski definition) is 4. The van der Waals surface area contributed by atoms with E-state index < -0.39 is 0 Å². The number of aromatic nitrogens is 4. The first-order chi connectivity index (χ1) is 35.5. The summed E-state index contributed by atoms with van der Waals surface area (Å²) in [6.07, 6.45) is 4.96. The predicted molar refractivity (Wildman–Crippen MR) is 296 cm³/mol. The van der Waals surface area contributed by atoms with Gasteiger partial charge in [0.15, 0.2) is 0 Å². The van der Waals surface area contributed by atoms with Gasteiger partial charge in [0.05, 0.1) is 33.1 Å². The van der Waals surface area contributed by atoms with Crippen LogP contribution in [0.2, 0.25) is 0 Å². The van der Waals surface area contributed by atoms with Crippen molar-refractivity contribution >= 4 is 81.6 Å². The zero-order valence-corrected chi connectivity index (χ0v) is 44.6. The molecule has 0 aliphatic heterocycles. The van der Waals surface area contributed by atoms with Gasteiger partial charge in [-0.05, 0) is 154 Å². The lowest BCUT2D eigenvalue weighted by molar-refractivity contribution is -0.125. The summed E-state index contributed by atoms with van der Waals surface area (Å²) in [5.74, 6) is 5.98. The van der Waals surface area contributed by atoms with Crippen molar-refractivity contribution in [2.75, 3.05) is 29.7 Å². The first-order valence-electron chi connectivity index (χ1n) is 23.4. The minimum atomic E-state index is -0.334. The molecule has 6 N–H and O–H groups in total. The summed E-state index contributed by atoms with van der Waals surface area (Å²) in [5, 5.41) is 3.89. The number of benzene rings is 6. The molecule has 0 saturated carbocycles. The molecule has 74 heavy (non-hydrogen) atoms. The van der Waals surface area contributed by atoms with Crippen LogP contribution in [0.25, 0.3) is 22.1 Å². The van der Waals surface area contributed by atoms with E-state index in [4.69, 9.17) is 40.4 Å². The fraction of sp³-hybridized carbons (Fsp3) is 0.250. The van der Waals surface area contributed by atoms with Gasteiger partial charge in [-0.25, -0.2) is 9.97 Å². The zero-order valence-electron chi connectivity index (χ0n) is 43.0. The van der Waals surface area contributed by atoms with Crippen LogP contribution in [0.1, 0.15) is 45.0 Å². The number of anilines is 2. The Hall–Kier alpha value is -7.96. The van der Waals surface area contributed by atoms with Gasteiger partial charge in [0.2, 0.25) is 24.6 Å². The molecule has 6 aromatic carbocycles. The van der Waals surface area contributed by atoms with E-state index in [0.717, 1.165) is 95.9 Å². The number of nitrogens with two attached hydrogens (primary N) is 2. The summed E-state index contributed by atoms with van der Waals surface area (Å²) in [6, 6.07) is 35.1. The molecule has 8 aromatic rings. The van der Waals surface area contributed by atoms with E-state index in [1.807, 2.05) is 172 Å². The Bertz CT molecular complexity index is 3200. The Morgan fingerprint density at radius 3 is 1.42 bits per heavy atom. The number of imide groups is 2. The number of aryl methyl sites for hydroxylation is 7. The lowest BCUT2D eigenvalue weighted by Crippen LogP contribution is -2.32. The molecule has 0 aliphatic carbocycles. The highest BCUT2D eigenvalue weighted by molar-refractivity contribution is 8.00. The summed E-state index contributed by atoms with van der Waals surface area (Å²) in [6.45, 7) is 10.7. The van der Waals surface area contributed by atoms with Crippen LogP contribution in [-0.4, -0.2) is 67.3 Å². The summed E-state index contributed by atoms with van der Waals surface area (Å²) >= 11 is 2.78. The summed E-state index contributed by atoms with van der Waals surface area (Å²) < 4.78 is 28.1. The highest BCUT2D eigenvalue weighted by Crippen LogP contribution is 2.32. The number of nitrogens with one attached hydrogen (secondary N) is 2. The van der Waals surface area contributed by atoms with Crippen molar-refractivity contribution in [1.29, 1.82) is 0 Å². The Balaban J connectivity index is 0.000000214. The van der Waals surface area contributed by atoms with Gasteiger partial charge in [-0.3, -0.25) is 29.8 Å². The van der Waals surface area contributed by atoms with Crippen LogP contribution in [0.3, 0.4) is 0 Å². The molecular weight excluding hydrogens is 977 g/mol. The minimum absolute atomic E-state index is 0.243. The van der Waals surface area contributed by atoms with Crippen LogP contribution < -0.4 is 41.0 Å². The van der Waals surface area contributed by atoms with Crippen LogP contribution in [0, 0.1) is 34.6 Å². The van der Waals surface area contributed by atoms with Crippen molar-refractivity contribution < 1.29 is 38.1 Å². The molecule has 18 heteroatoms. The first kappa shape index (κ1) is 55.4. The molecule has 0 radical (unpaired) electrons. The highest BCUT2D eigenvalue weighted by Gasteiger charge is 2.18. The van der Waals surface area contributed by atoms with Crippen LogP contribution in [-0.2, 0) is 52.9 Å². The van der Waals surface area contributed by atoms with E-state index in [2.05, 4.69) is 12.2 Å². The number of hydrogen-bond acceptors (Lipinski definition) is 14. The lowest BCUT2D eigenvalue weighted by atomic mass is 10.1. The van der Waals surface area contributed by atoms with Gasteiger partial charge < -0.3 is 39.5 Å². The number of ether oxygens (including phenoxy) is 4. The van der Waals surface area contributed by atoms with Crippen molar-refractivity contribution in [2.24, 2.45) is 14.1 Å². The van der Waals surface area contributed by atoms with E-state index in [-0.39, 0.29) is 17.1 Å². The van der Waals surface area contributed by atoms with Crippen molar-refractivity contribution in [1.82, 2.24) is 29.7 Å². The number of nitrogen functional groups attached to an aromatic ring is 2. The number of thioether (sulfide) groups is 2. The largest absolute Gasteiger partial charge is 0.486 e. The van der Waals surface area contributed by atoms with E-state index in [1.165, 1.54) is 29.1 Å². The number of amides is 4. The maximum absolute atomic E-state index is 12.0. The second-order valence-electron chi connectivity index (χ2n) is 17.3. The molecule has 0 spiro atoms. The number of carbonyl (C=O) groups is 4. The fourth-order valence-electron chi connectivity index (χ4n) is 7.62. The molecule has 16 nitrogen and oxygen atoms in total. The second-order valence-corrected chi connectivity index (χ2v) is 19.2. The number of nitrogens with zero attached hydrogens (tertiary/aromatic N) is 4. The van der Waals surface area contributed by atoms with Crippen LogP contribution in [0.15, 0.2) is 109 Å². The maximum Gasteiger partial charge on any atom is 0.239 e. The van der Waals surface area contributed by atoms with E-state index in [1.54, 1.807) is 6.26 Å². The Morgan fingerprint density at radius 2 is 1.01 bits per heavy atom. The molecule has 1 unspecified atom stereocenters. The molecule has 4 amide bonds. The molecule has 386 valence electrons.